The number of thiazole rings is 1. The maximum Gasteiger partial charge on any atom is 0.194 e. The molecule has 1 unspecified atom stereocenters. The van der Waals surface area contributed by atoms with Crippen LogP contribution in [0.1, 0.15) is 48.1 Å². The van der Waals surface area contributed by atoms with E-state index < -0.39 is 0 Å². The molecular weight excluding hydrogens is 208 g/mol. The Balaban J connectivity index is 2.70. The number of carbonyl (C=O) groups excluding carboxylic acids is 1. The molecule has 0 aliphatic carbocycles. The van der Waals surface area contributed by atoms with Gasteiger partial charge in [-0.15, -0.1) is 11.3 Å². The van der Waals surface area contributed by atoms with Crippen LogP contribution in [0, 0.1) is 6.92 Å². The van der Waals surface area contributed by atoms with E-state index >= 15 is 0 Å². The highest BCUT2D eigenvalue weighted by molar-refractivity contribution is 7.15. The molecule has 0 fully saturated rings. The number of imidazole rings is 1. The smallest absolute Gasteiger partial charge is 0.194 e. The molecule has 0 bridgehead atoms. The fourth-order valence-corrected chi connectivity index (χ4v) is 2.59. The van der Waals surface area contributed by atoms with Gasteiger partial charge in [-0.25, -0.2) is 4.98 Å². The Kier molecular flexibility index (Phi) is 2.61. The maximum absolute atomic E-state index is 11.1. The van der Waals surface area contributed by atoms with Gasteiger partial charge in [-0.05, 0) is 13.3 Å². The predicted molar refractivity (Wildman–Crippen MR) is 61.9 cm³/mol. The summed E-state index contributed by atoms with van der Waals surface area (Å²) in [6.07, 6.45) is 1.92. The molecule has 0 saturated heterocycles. The van der Waals surface area contributed by atoms with E-state index in [0.29, 0.717) is 5.92 Å². The van der Waals surface area contributed by atoms with Gasteiger partial charge in [0, 0.05) is 17.0 Å². The molecule has 80 valence electrons. The quantitative estimate of drug-likeness (QED) is 0.748. The van der Waals surface area contributed by atoms with Crippen molar-refractivity contribution in [3.05, 3.63) is 22.5 Å². The van der Waals surface area contributed by atoms with Crippen molar-refractivity contribution in [3.63, 3.8) is 0 Å². The maximum atomic E-state index is 11.1. The average molecular weight is 222 g/mol. The van der Waals surface area contributed by atoms with E-state index in [1.807, 2.05) is 16.7 Å². The topological polar surface area (TPSA) is 34.4 Å². The summed E-state index contributed by atoms with van der Waals surface area (Å²) in [7, 11) is 0. The standard InChI is InChI=1S/C11H14N2OS/c1-4-7(2)10-9(5-14)13-8(3)6-15-11(13)12-10/h5-7H,4H2,1-3H3. The lowest BCUT2D eigenvalue weighted by Crippen LogP contribution is -1.99. The lowest BCUT2D eigenvalue weighted by molar-refractivity contribution is 0.111. The number of hydrogen-bond donors (Lipinski definition) is 0. The molecular formula is C11H14N2OS. The third-order valence-electron chi connectivity index (χ3n) is 2.79. The van der Waals surface area contributed by atoms with Gasteiger partial charge in [-0.2, -0.15) is 0 Å². The van der Waals surface area contributed by atoms with Crippen LogP contribution in [-0.4, -0.2) is 15.7 Å². The first-order chi connectivity index (χ1) is 7.19. The number of aromatic nitrogens is 2. The Labute approximate surface area is 92.8 Å². The van der Waals surface area contributed by atoms with Crippen molar-refractivity contribution in [1.82, 2.24) is 9.38 Å². The second kappa shape index (κ2) is 3.77. The predicted octanol–water partition coefficient (Wildman–Crippen LogP) is 3.03. The number of rotatable bonds is 3. The highest BCUT2D eigenvalue weighted by atomic mass is 32.1. The first-order valence-electron chi connectivity index (χ1n) is 5.10. The number of hydrogen-bond acceptors (Lipinski definition) is 3. The van der Waals surface area contributed by atoms with Crippen molar-refractivity contribution in [2.45, 2.75) is 33.1 Å². The van der Waals surface area contributed by atoms with E-state index in [1.165, 1.54) is 0 Å². The van der Waals surface area contributed by atoms with Crippen LogP contribution in [0.25, 0.3) is 4.96 Å². The largest absolute Gasteiger partial charge is 0.296 e. The van der Waals surface area contributed by atoms with Crippen LogP contribution in [0.15, 0.2) is 5.38 Å². The minimum atomic E-state index is 0.344. The summed E-state index contributed by atoms with van der Waals surface area (Å²) in [6, 6.07) is 0. The molecule has 0 aliphatic rings. The minimum absolute atomic E-state index is 0.344. The lowest BCUT2D eigenvalue weighted by atomic mass is 10.0. The van der Waals surface area contributed by atoms with E-state index in [2.05, 4.69) is 18.8 Å². The molecule has 0 aliphatic heterocycles. The lowest BCUT2D eigenvalue weighted by Gasteiger charge is -2.05. The molecule has 2 aromatic rings. The molecule has 3 nitrogen and oxygen atoms in total. The van der Waals surface area contributed by atoms with Gasteiger partial charge in [0.25, 0.3) is 0 Å². The molecule has 0 aromatic carbocycles. The van der Waals surface area contributed by atoms with E-state index in [4.69, 9.17) is 0 Å². The molecule has 0 saturated carbocycles. The van der Waals surface area contributed by atoms with Gasteiger partial charge < -0.3 is 0 Å². The molecule has 2 rings (SSSR count). The Morgan fingerprint density at radius 1 is 1.67 bits per heavy atom. The zero-order valence-electron chi connectivity index (χ0n) is 9.15. The van der Waals surface area contributed by atoms with Crippen LogP contribution in [0.5, 0.6) is 0 Å². The average Bonchev–Trinajstić information content (AvgIpc) is 2.77. The van der Waals surface area contributed by atoms with Crippen LogP contribution >= 0.6 is 11.3 Å². The van der Waals surface area contributed by atoms with Gasteiger partial charge in [-0.1, -0.05) is 13.8 Å². The van der Waals surface area contributed by atoms with Crippen LogP contribution < -0.4 is 0 Å². The van der Waals surface area contributed by atoms with Crippen LogP contribution in [-0.2, 0) is 0 Å². The number of fused-ring (bicyclic) bond motifs is 1. The van der Waals surface area contributed by atoms with Gasteiger partial charge >= 0.3 is 0 Å². The van der Waals surface area contributed by atoms with Crippen LogP contribution in [0.4, 0.5) is 0 Å². The molecule has 2 heterocycles. The Morgan fingerprint density at radius 2 is 2.40 bits per heavy atom. The Hall–Kier alpha value is -1.16. The number of carbonyl (C=O) groups is 1. The summed E-state index contributed by atoms with van der Waals surface area (Å²) >= 11 is 1.59. The fourth-order valence-electron chi connectivity index (χ4n) is 1.71. The first-order valence-corrected chi connectivity index (χ1v) is 5.98. The second-order valence-corrected chi connectivity index (χ2v) is 4.64. The summed E-state index contributed by atoms with van der Waals surface area (Å²) < 4.78 is 1.94. The monoisotopic (exact) mass is 222 g/mol. The SMILES string of the molecule is CCC(C)c1nc2scc(C)n2c1C=O. The third kappa shape index (κ3) is 1.49. The zero-order valence-corrected chi connectivity index (χ0v) is 9.97. The molecule has 1 atom stereocenters. The number of aryl methyl sites for hydroxylation is 1. The molecule has 0 N–H and O–H groups in total. The van der Waals surface area contributed by atoms with Gasteiger partial charge in [0.15, 0.2) is 11.2 Å². The Morgan fingerprint density at radius 3 is 3.00 bits per heavy atom. The molecule has 4 heteroatoms. The van der Waals surface area contributed by atoms with Crippen molar-refractivity contribution in [2.75, 3.05) is 0 Å². The van der Waals surface area contributed by atoms with Crippen molar-refractivity contribution in [2.24, 2.45) is 0 Å². The van der Waals surface area contributed by atoms with Gasteiger partial charge in [0.05, 0.1) is 5.69 Å². The fraction of sp³-hybridized carbons (Fsp3) is 0.455. The highest BCUT2D eigenvalue weighted by Gasteiger charge is 2.18. The summed E-state index contributed by atoms with van der Waals surface area (Å²) in [5, 5.41) is 2.02. The molecule has 0 spiro atoms. The second-order valence-electron chi connectivity index (χ2n) is 3.80. The van der Waals surface area contributed by atoms with Gasteiger partial charge in [0.2, 0.25) is 0 Å². The van der Waals surface area contributed by atoms with Crippen molar-refractivity contribution < 1.29 is 4.79 Å². The van der Waals surface area contributed by atoms with Gasteiger partial charge in [0.1, 0.15) is 5.69 Å². The van der Waals surface area contributed by atoms with Crippen LogP contribution in [0.3, 0.4) is 0 Å². The van der Waals surface area contributed by atoms with Gasteiger partial charge in [-0.3, -0.25) is 9.20 Å². The van der Waals surface area contributed by atoms with Crippen molar-refractivity contribution in [3.8, 4) is 0 Å². The highest BCUT2D eigenvalue weighted by Crippen LogP contribution is 2.26. The normalized spacial score (nSPS) is 13.3. The summed E-state index contributed by atoms with van der Waals surface area (Å²) in [5.41, 5.74) is 2.74. The van der Waals surface area contributed by atoms with E-state index in [-0.39, 0.29) is 0 Å². The van der Waals surface area contributed by atoms with E-state index in [1.54, 1.807) is 11.3 Å². The zero-order chi connectivity index (χ0) is 11.0. The summed E-state index contributed by atoms with van der Waals surface area (Å²) in [4.78, 5) is 16.6. The Bertz CT molecular complexity index is 498. The minimum Gasteiger partial charge on any atom is -0.296 e. The molecule has 2 aromatic heterocycles. The van der Waals surface area contributed by atoms with Crippen LogP contribution in [0.2, 0.25) is 0 Å². The van der Waals surface area contributed by atoms with Crippen molar-refractivity contribution in [1.29, 1.82) is 0 Å². The molecule has 0 amide bonds. The summed E-state index contributed by atoms with van der Waals surface area (Å²) in [5.74, 6) is 0.344. The number of nitrogens with zero attached hydrogens (tertiary/aromatic N) is 2. The number of aldehydes is 1. The molecule has 0 radical (unpaired) electrons. The van der Waals surface area contributed by atoms with E-state index in [0.717, 1.165) is 34.7 Å². The van der Waals surface area contributed by atoms with Crippen molar-refractivity contribution >= 4 is 22.6 Å². The summed E-state index contributed by atoms with van der Waals surface area (Å²) in [6.45, 7) is 6.22. The first kappa shape index (κ1) is 10.4. The van der Waals surface area contributed by atoms with E-state index in [9.17, 15) is 4.79 Å². The third-order valence-corrected chi connectivity index (χ3v) is 3.73. The molecule has 15 heavy (non-hydrogen) atoms.